The van der Waals surface area contributed by atoms with E-state index in [0.717, 1.165) is 0 Å². The fraction of sp³-hybridized carbons (Fsp3) is 0.167. The molecular weight excluding hydrogens is 228 g/mol. The summed E-state index contributed by atoms with van der Waals surface area (Å²) in [5.74, 6) is 1.07. The van der Waals surface area contributed by atoms with Crippen molar-refractivity contribution in [3.8, 4) is 5.75 Å². The molecule has 2 aromatic rings. The van der Waals surface area contributed by atoms with E-state index in [9.17, 15) is 5.11 Å². The summed E-state index contributed by atoms with van der Waals surface area (Å²) in [5.41, 5.74) is 0.667. The molecule has 0 spiro atoms. The minimum atomic E-state index is -0.807. The highest BCUT2D eigenvalue weighted by Crippen LogP contribution is 2.30. The number of furan rings is 1. The van der Waals surface area contributed by atoms with Crippen LogP contribution in [0.25, 0.3) is 0 Å². The van der Waals surface area contributed by atoms with Gasteiger partial charge in [-0.1, -0.05) is 17.7 Å². The molecule has 3 nitrogen and oxygen atoms in total. The first-order chi connectivity index (χ1) is 7.72. The maximum absolute atomic E-state index is 9.98. The van der Waals surface area contributed by atoms with Crippen molar-refractivity contribution < 1.29 is 14.3 Å². The number of aliphatic hydroxyl groups excluding tert-OH is 1. The summed E-state index contributed by atoms with van der Waals surface area (Å²) in [6, 6.07) is 8.56. The number of rotatable bonds is 3. The Morgan fingerprint density at radius 1 is 1.38 bits per heavy atom. The van der Waals surface area contributed by atoms with Gasteiger partial charge in [-0.25, -0.2) is 0 Å². The van der Waals surface area contributed by atoms with Crippen LogP contribution in [0, 0.1) is 0 Å². The van der Waals surface area contributed by atoms with Gasteiger partial charge in [0.25, 0.3) is 0 Å². The average molecular weight is 239 g/mol. The quantitative estimate of drug-likeness (QED) is 0.894. The molecule has 0 amide bonds. The fourth-order valence-electron chi connectivity index (χ4n) is 1.46. The molecule has 1 aromatic carbocycles. The van der Waals surface area contributed by atoms with E-state index in [2.05, 4.69) is 0 Å². The zero-order valence-corrected chi connectivity index (χ0v) is 9.44. The monoisotopic (exact) mass is 238 g/mol. The minimum absolute atomic E-state index is 0.464. The molecule has 2 rings (SSSR count). The molecule has 0 aliphatic heterocycles. The van der Waals surface area contributed by atoms with Crippen LogP contribution in [0.1, 0.15) is 17.4 Å². The van der Waals surface area contributed by atoms with E-state index < -0.39 is 6.10 Å². The van der Waals surface area contributed by atoms with Crippen molar-refractivity contribution in [1.29, 1.82) is 0 Å². The molecule has 0 bridgehead atoms. The highest BCUT2D eigenvalue weighted by molar-refractivity contribution is 6.32. The summed E-state index contributed by atoms with van der Waals surface area (Å²) < 4.78 is 10.2. The number of aliphatic hydroxyl groups is 1. The normalized spacial score (nSPS) is 12.4. The molecular formula is C12H11ClO3. The number of ether oxygens (including phenoxy) is 1. The van der Waals surface area contributed by atoms with E-state index in [4.69, 9.17) is 20.8 Å². The van der Waals surface area contributed by atoms with Gasteiger partial charge in [0, 0.05) is 0 Å². The summed E-state index contributed by atoms with van der Waals surface area (Å²) in [4.78, 5) is 0. The lowest BCUT2D eigenvalue weighted by Crippen LogP contribution is -1.98. The largest absolute Gasteiger partial charge is 0.495 e. The zero-order valence-electron chi connectivity index (χ0n) is 8.68. The van der Waals surface area contributed by atoms with Crippen molar-refractivity contribution in [3.63, 3.8) is 0 Å². The van der Waals surface area contributed by atoms with Crippen LogP contribution in [-0.2, 0) is 0 Å². The Labute approximate surface area is 98.2 Å². The van der Waals surface area contributed by atoms with Gasteiger partial charge in [0.05, 0.1) is 18.4 Å². The number of methoxy groups -OCH3 is 1. The lowest BCUT2D eigenvalue weighted by atomic mass is 10.1. The third-order valence-corrected chi connectivity index (χ3v) is 2.60. The van der Waals surface area contributed by atoms with Crippen molar-refractivity contribution in [2.45, 2.75) is 6.10 Å². The van der Waals surface area contributed by atoms with Gasteiger partial charge in [0.15, 0.2) is 0 Å². The maximum Gasteiger partial charge on any atom is 0.137 e. The molecule has 1 N–H and O–H groups in total. The van der Waals surface area contributed by atoms with Crippen LogP contribution in [0.4, 0.5) is 0 Å². The molecule has 0 aliphatic rings. The second-order valence-electron chi connectivity index (χ2n) is 3.31. The topological polar surface area (TPSA) is 42.6 Å². The number of halogens is 1. The first-order valence-electron chi connectivity index (χ1n) is 4.77. The molecule has 84 valence electrons. The van der Waals surface area contributed by atoms with E-state index in [-0.39, 0.29) is 0 Å². The Hall–Kier alpha value is -1.45. The third kappa shape index (κ3) is 2.05. The Morgan fingerprint density at radius 3 is 2.75 bits per heavy atom. The Morgan fingerprint density at radius 2 is 2.19 bits per heavy atom. The molecule has 0 radical (unpaired) electrons. The Balaban J connectivity index is 2.31. The van der Waals surface area contributed by atoms with Gasteiger partial charge in [-0.2, -0.15) is 0 Å². The fourth-order valence-corrected chi connectivity index (χ4v) is 1.73. The van der Waals surface area contributed by atoms with Crippen LogP contribution in [0.15, 0.2) is 41.0 Å². The van der Waals surface area contributed by atoms with Gasteiger partial charge in [0.1, 0.15) is 17.6 Å². The third-order valence-electron chi connectivity index (χ3n) is 2.30. The number of hydrogen-bond donors (Lipinski definition) is 1. The smallest absolute Gasteiger partial charge is 0.137 e. The highest BCUT2D eigenvalue weighted by Gasteiger charge is 2.14. The first-order valence-corrected chi connectivity index (χ1v) is 5.15. The zero-order chi connectivity index (χ0) is 11.5. The van der Waals surface area contributed by atoms with Crippen LogP contribution in [0.5, 0.6) is 5.75 Å². The molecule has 0 saturated heterocycles. The van der Waals surface area contributed by atoms with Crippen molar-refractivity contribution in [1.82, 2.24) is 0 Å². The number of hydrogen-bond acceptors (Lipinski definition) is 3. The standard InChI is InChI=1S/C12H11ClO3/c1-15-10-5-4-8(7-9(10)13)12(14)11-3-2-6-16-11/h2-7,12,14H,1H3. The lowest BCUT2D eigenvalue weighted by Gasteiger charge is -2.10. The van der Waals surface area contributed by atoms with Gasteiger partial charge in [0.2, 0.25) is 0 Å². The molecule has 4 heteroatoms. The molecule has 0 saturated carbocycles. The lowest BCUT2D eigenvalue weighted by molar-refractivity contribution is 0.189. The number of benzene rings is 1. The predicted molar refractivity (Wildman–Crippen MR) is 60.8 cm³/mol. The summed E-state index contributed by atoms with van der Waals surface area (Å²) in [7, 11) is 1.55. The Kier molecular flexibility index (Phi) is 3.17. The summed E-state index contributed by atoms with van der Waals surface area (Å²) >= 11 is 5.97. The molecule has 0 fully saturated rings. The van der Waals surface area contributed by atoms with Crippen LogP contribution in [-0.4, -0.2) is 12.2 Å². The SMILES string of the molecule is COc1ccc(C(O)c2ccco2)cc1Cl. The van der Waals surface area contributed by atoms with Crippen molar-refractivity contribution in [2.75, 3.05) is 7.11 Å². The second kappa shape index (κ2) is 4.60. The first kappa shape index (κ1) is 11.0. The molecule has 1 aromatic heterocycles. The molecule has 1 unspecified atom stereocenters. The van der Waals surface area contributed by atoms with E-state index in [1.807, 2.05) is 0 Å². The van der Waals surface area contributed by atoms with Crippen LogP contribution < -0.4 is 4.74 Å². The van der Waals surface area contributed by atoms with E-state index >= 15 is 0 Å². The van der Waals surface area contributed by atoms with Crippen LogP contribution in [0.2, 0.25) is 5.02 Å². The summed E-state index contributed by atoms with van der Waals surface area (Å²) in [5, 5.41) is 10.4. The molecule has 0 aliphatic carbocycles. The Bertz CT molecular complexity index is 465. The van der Waals surface area contributed by atoms with E-state index in [1.165, 1.54) is 6.26 Å². The molecule has 16 heavy (non-hydrogen) atoms. The van der Waals surface area contributed by atoms with Crippen LogP contribution >= 0.6 is 11.6 Å². The summed E-state index contributed by atoms with van der Waals surface area (Å²) in [6.07, 6.45) is 0.711. The summed E-state index contributed by atoms with van der Waals surface area (Å²) in [6.45, 7) is 0. The predicted octanol–water partition coefficient (Wildman–Crippen LogP) is 3.02. The molecule has 1 heterocycles. The van der Waals surface area contributed by atoms with Gasteiger partial charge >= 0.3 is 0 Å². The van der Waals surface area contributed by atoms with Crippen molar-refractivity contribution in [2.24, 2.45) is 0 Å². The average Bonchev–Trinajstić information content (AvgIpc) is 2.81. The molecule has 1 atom stereocenters. The van der Waals surface area contributed by atoms with Gasteiger partial charge in [-0.3, -0.25) is 0 Å². The maximum atomic E-state index is 9.98. The van der Waals surface area contributed by atoms with Crippen molar-refractivity contribution in [3.05, 3.63) is 52.9 Å². The van der Waals surface area contributed by atoms with E-state index in [0.29, 0.717) is 22.1 Å². The van der Waals surface area contributed by atoms with Gasteiger partial charge in [-0.05, 0) is 29.8 Å². The second-order valence-corrected chi connectivity index (χ2v) is 3.72. The van der Waals surface area contributed by atoms with Crippen LogP contribution in [0.3, 0.4) is 0 Å². The van der Waals surface area contributed by atoms with Gasteiger partial charge < -0.3 is 14.3 Å². The van der Waals surface area contributed by atoms with Gasteiger partial charge in [-0.15, -0.1) is 0 Å². The highest BCUT2D eigenvalue weighted by atomic mass is 35.5. The van der Waals surface area contributed by atoms with Crippen molar-refractivity contribution >= 4 is 11.6 Å². The minimum Gasteiger partial charge on any atom is -0.495 e. The van der Waals surface area contributed by atoms with E-state index in [1.54, 1.807) is 37.4 Å².